The van der Waals surface area contributed by atoms with Gasteiger partial charge in [-0.15, -0.1) is 0 Å². The van der Waals surface area contributed by atoms with E-state index >= 15 is 0 Å². The van der Waals surface area contributed by atoms with Gasteiger partial charge in [0.2, 0.25) is 0 Å². The van der Waals surface area contributed by atoms with Crippen LogP contribution in [0.5, 0.6) is 0 Å². The molecule has 0 aromatic carbocycles. The summed E-state index contributed by atoms with van der Waals surface area (Å²) in [7, 11) is 0. The van der Waals surface area contributed by atoms with E-state index in [1.807, 2.05) is 0 Å². The zero-order valence-electron chi connectivity index (χ0n) is 9.79. The molecule has 0 aromatic rings. The first kappa shape index (κ1) is 12.0. The van der Waals surface area contributed by atoms with E-state index in [0.29, 0.717) is 12.1 Å². The molecule has 0 saturated heterocycles. The molecule has 0 amide bonds. The van der Waals surface area contributed by atoms with Gasteiger partial charge in [0, 0.05) is 12.1 Å². The van der Waals surface area contributed by atoms with Crippen molar-refractivity contribution in [2.24, 2.45) is 11.8 Å². The quantitative estimate of drug-likeness (QED) is 0.727. The van der Waals surface area contributed by atoms with Gasteiger partial charge in [0.1, 0.15) is 0 Å². The second kappa shape index (κ2) is 5.72. The largest absolute Gasteiger partial charge is 0.395 e. The van der Waals surface area contributed by atoms with Gasteiger partial charge in [0.25, 0.3) is 0 Å². The smallest absolute Gasteiger partial charge is 0.0584 e. The van der Waals surface area contributed by atoms with Gasteiger partial charge in [-0.3, -0.25) is 0 Å². The summed E-state index contributed by atoms with van der Waals surface area (Å²) >= 11 is 0. The molecule has 1 rings (SSSR count). The van der Waals surface area contributed by atoms with E-state index in [4.69, 9.17) is 5.11 Å². The molecule has 0 aliphatic heterocycles. The molecule has 1 aliphatic carbocycles. The van der Waals surface area contributed by atoms with Crippen LogP contribution in [0.4, 0.5) is 0 Å². The van der Waals surface area contributed by atoms with Crippen LogP contribution in [0.2, 0.25) is 0 Å². The Morgan fingerprint density at radius 3 is 2.21 bits per heavy atom. The van der Waals surface area contributed by atoms with E-state index < -0.39 is 0 Å². The molecule has 3 unspecified atom stereocenters. The third-order valence-electron chi connectivity index (χ3n) is 3.36. The van der Waals surface area contributed by atoms with E-state index in [9.17, 15) is 0 Å². The highest BCUT2D eigenvalue weighted by molar-refractivity contribution is 4.81. The van der Waals surface area contributed by atoms with Gasteiger partial charge in [0.15, 0.2) is 0 Å². The minimum Gasteiger partial charge on any atom is -0.395 e. The maximum absolute atomic E-state index is 9.13. The molecule has 1 saturated carbocycles. The molecule has 84 valence electrons. The highest BCUT2D eigenvalue weighted by Gasteiger charge is 2.24. The van der Waals surface area contributed by atoms with Crippen LogP contribution in [-0.4, -0.2) is 23.8 Å². The fraction of sp³-hybridized carbons (Fsp3) is 1.00. The van der Waals surface area contributed by atoms with Crippen molar-refractivity contribution in [1.82, 2.24) is 5.32 Å². The number of aliphatic hydroxyl groups excluding tert-OH is 1. The van der Waals surface area contributed by atoms with Gasteiger partial charge in [0.05, 0.1) is 6.61 Å². The summed E-state index contributed by atoms with van der Waals surface area (Å²) < 4.78 is 0. The highest BCUT2D eigenvalue weighted by Crippen LogP contribution is 2.28. The van der Waals surface area contributed by atoms with Crippen molar-refractivity contribution in [2.75, 3.05) is 6.61 Å². The predicted molar refractivity (Wildman–Crippen MR) is 60.3 cm³/mol. The molecule has 0 bridgehead atoms. The van der Waals surface area contributed by atoms with Crippen molar-refractivity contribution < 1.29 is 5.11 Å². The number of nitrogens with one attached hydrogen (secondary N) is 1. The number of hydrogen-bond donors (Lipinski definition) is 2. The summed E-state index contributed by atoms with van der Waals surface area (Å²) in [6, 6.07) is 0.934. The van der Waals surface area contributed by atoms with Crippen molar-refractivity contribution >= 4 is 0 Å². The van der Waals surface area contributed by atoms with Gasteiger partial charge >= 0.3 is 0 Å². The molecule has 2 heteroatoms. The Bertz CT molecular complexity index is 146. The summed E-state index contributed by atoms with van der Waals surface area (Å²) in [6.07, 6.45) is 4.95. The molecule has 0 heterocycles. The maximum Gasteiger partial charge on any atom is 0.0584 e. The molecule has 0 spiro atoms. The molecule has 2 nitrogen and oxygen atoms in total. The Labute approximate surface area is 88.1 Å². The lowest BCUT2D eigenvalue weighted by Gasteiger charge is -2.34. The molecule has 3 atom stereocenters. The molecule has 14 heavy (non-hydrogen) atoms. The summed E-state index contributed by atoms with van der Waals surface area (Å²) in [6.45, 7) is 7.08. The molecule has 1 aliphatic rings. The van der Waals surface area contributed by atoms with Crippen molar-refractivity contribution in [2.45, 2.75) is 58.5 Å². The highest BCUT2D eigenvalue weighted by atomic mass is 16.3. The second-order valence-corrected chi connectivity index (χ2v) is 5.07. The van der Waals surface area contributed by atoms with Crippen LogP contribution in [0.15, 0.2) is 0 Å². The summed E-state index contributed by atoms with van der Waals surface area (Å²) in [5.41, 5.74) is 0. The molecular formula is C12H25NO. The first-order valence-electron chi connectivity index (χ1n) is 6.02. The average Bonchev–Trinajstić information content (AvgIpc) is 2.12. The molecule has 2 N–H and O–H groups in total. The lowest BCUT2D eigenvalue weighted by atomic mass is 9.80. The normalized spacial score (nSPS) is 35.6. The lowest BCUT2D eigenvalue weighted by Crippen LogP contribution is -2.43. The first-order valence-corrected chi connectivity index (χ1v) is 6.02. The van der Waals surface area contributed by atoms with E-state index in [1.54, 1.807) is 0 Å². The molecular weight excluding hydrogens is 174 g/mol. The Kier molecular flexibility index (Phi) is 4.90. The molecule has 0 aromatic heterocycles. The van der Waals surface area contributed by atoms with Crippen LogP contribution in [-0.2, 0) is 0 Å². The van der Waals surface area contributed by atoms with Crippen LogP contribution in [0.1, 0.15) is 46.5 Å². The monoisotopic (exact) mass is 199 g/mol. The molecule has 0 radical (unpaired) electrons. The minimum atomic E-state index is 0.274. The Morgan fingerprint density at radius 2 is 1.79 bits per heavy atom. The van der Waals surface area contributed by atoms with E-state index in [2.05, 4.69) is 26.1 Å². The van der Waals surface area contributed by atoms with Crippen LogP contribution < -0.4 is 5.32 Å². The predicted octanol–water partition coefficient (Wildman–Crippen LogP) is 2.17. The van der Waals surface area contributed by atoms with Gasteiger partial charge in [-0.25, -0.2) is 0 Å². The SMILES string of the molecule is CCC(CO)NC1CC(C)CC(C)C1. The van der Waals surface area contributed by atoms with Crippen molar-refractivity contribution in [1.29, 1.82) is 0 Å². The van der Waals surface area contributed by atoms with Crippen LogP contribution in [0, 0.1) is 11.8 Å². The van der Waals surface area contributed by atoms with Crippen molar-refractivity contribution in [3.63, 3.8) is 0 Å². The standard InChI is InChI=1S/C12H25NO/c1-4-11(8-14)13-12-6-9(2)5-10(3)7-12/h9-14H,4-8H2,1-3H3. The zero-order chi connectivity index (χ0) is 10.6. The fourth-order valence-corrected chi connectivity index (χ4v) is 2.72. The summed E-state index contributed by atoms with van der Waals surface area (Å²) in [4.78, 5) is 0. The van der Waals surface area contributed by atoms with Gasteiger partial charge in [-0.05, 0) is 37.5 Å². The van der Waals surface area contributed by atoms with E-state index in [1.165, 1.54) is 19.3 Å². The van der Waals surface area contributed by atoms with Crippen molar-refractivity contribution in [3.05, 3.63) is 0 Å². The van der Waals surface area contributed by atoms with Gasteiger partial charge < -0.3 is 10.4 Å². The third-order valence-corrected chi connectivity index (χ3v) is 3.36. The van der Waals surface area contributed by atoms with Crippen LogP contribution in [0.25, 0.3) is 0 Å². The maximum atomic E-state index is 9.13. The number of aliphatic hydroxyl groups is 1. The zero-order valence-corrected chi connectivity index (χ0v) is 9.79. The topological polar surface area (TPSA) is 32.3 Å². The third kappa shape index (κ3) is 3.58. The lowest BCUT2D eigenvalue weighted by molar-refractivity contribution is 0.184. The average molecular weight is 199 g/mol. The van der Waals surface area contributed by atoms with Gasteiger partial charge in [-0.2, -0.15) is 0 Å². The fourth-order valence-electron chi connectivity index (χ4n) is 2.72. The van der Waals surface area contributed by atoms with Crippen LogP contribution >= 0.6 is 0 Å². The second-order valence-electron chi connectivity index (χ2n) is 5.07. The Hall–Kier alpha value is -0.0800. The first-order chi connectivity index (χ1) is 6.65. The minimum absolute atomic E-state index is 0.274. The Morgan fingerprint density at radius 1 is 1.21 bits per heavy atom. The van der Waals surface area contributed by atoms with E-state index in [0.717, 1.165) is 18.3 Å². The molecule has 1 fully saturated rings. The van der Waals surface area contributed by atoms with Gasteiger partial charge in [-0.1, -0.05) is 20.8 Å². The number of hydrogen-bond acceptors (Lipinski definition) is 2. The Balaban J connectivity index is 2.35. The number of rotatable bonds is 4. The van der Waals surface area contributed by atoms with Crippen molar-refractivity contribution in [3.8, 4) is 0 Å². The van der Waals surface area contributed by atoms with Crippen LogP contribution in [0.3, 0.4) is 0 Å². The summed E-state index contributed by atoms with van der Waals surface area (Å²) in [5, 5.41) is 12.7. The summed E-state index contributed by atoms with van der Waals surface area (Å²) in [5.74, 6) is 1.68. The van der Waals surface area contributed by atoms with E-state index in [-0.39, 0.29) is 6.61 Å².